The van der Waals surface area contributed by atoms with E-state index in [4.69, 9.17) is 15.2 Å². The number of aromatic hydroxyl groups is 1. The number of ether oxygens (including phenoxy) is 2. The molecule has 1 fully saturated rings. The number of phenols is 1. The Kier molecular flexibility index (Phi) is 3.15. The summed E-state index contributed by atoms with van der Waals surface area (Å²) < 4.78 is 10.5. The third-order valence-corrected chi connectivity index (χ3v) is 3.77. The van der Waals surface area contributed by atoms with Crippen LogP contribution in [0.15, 0.2) is 12.1 Å². The van der Waals surface area contributed by atoms with Crippen molar-refractivity contribution in [2.75, 3.05) is 20.8 Å². The lowest BCUT2D eigenvalue weighted by Crippen LogP contribution is -2.41. The molecule has 1 aromatic rings. The lowest BCUT2D eigenvalue weighted by Gasteiger charge is -2.42. The van der Waals surface area contributed by atoms with Gasteiger partial charge in [0.05, 0.1) is 14.2 Å². The quantitative estimate of drug-likeness (QED) is 0.838. The smallest absolute Gasteiger partial charge is 0.161 e. The van der Waals surface area contributed by atoms with Crippen LogP contribution in [-0.4, -0.2) is 25.9 Å². The van der Waals surface area contributed by atoms with Crippen LogP contribution >= 0.6 is 0 Å². The molecule has 0 unspecified atom stereocenters. The molecule has 0 amide bonds. The van der Waals surface area contributed by atoms with Crippen LogP contribution in [-0.2, 0) is 5.41 Å². The minimum absolute atomic E-state index is 0.00762. The van der Waals surface area contributed by atoms with Gasteiger partial charge in [-0.1, -0.05) is 6.42 Å². The molecule has 0 spiro atoms. The van der Waals surface area contributed by atoms with Crippen molar-refractivity contribution in [2.24, 2.45) is 5.73 Å². The Labute approximate surface area is 101 Å². The zero-order valence-corrected chi connectivity index (χ0v) is 10.3. The number of hydrogen-bond donors (Lipinski definition) is 2. The van der Waals surface area contributed by atoms with Gasteiger partial charge in [0.15, 0.2) is 11.5 Å². The Bertz CT molecular complexity index is 408. The molecule has 0 heterocycles. The fourth-order valence-corrected chi connectivity index (χ4v) is 2.48. The Hall–Kier alpha value is -1.42. The van der Waals surface area contributed by atoms with Gasteiger partial charge in [0, 0.05) is 23.6 Å². The first kappa shape index (κ1) is 12.0. The highest BCUT2D eigenvalue weighted by molar-refractivity contribution is 5.53. The monoisotopic (exact) mass is 237 g/mol. The van der Waals surface area contributed by atoms with Gasteiger partial charge in [0.1, 0.15) is 5.75 Å². The maximum Gasteiger partial charge on any atom is 0.161 e. The molecular formula is C13H19NO3. The van der Waals surface area contributed by atoms with Crippen LogP contribution < -0.4 is 15.2 Å². The number of methoxy groups -OCH3 is 2. The minimum Gasteiger partial charge on any atom is -0.504 e. The van der Waals surface area contributed by atoms with E-state index in [0.717, 1.165) is 18.4 Å². The van der Waals surface area contributed by atoms with Crippen LogP contribution in [0.25, 0.3) is 0 Å². The summed E-state index contributed by atoms with van der Waals surface area (Å²) in [6.07, 6.45) is 3.31. The van der Waals surface area contributed by atoms with E-state index in [1.165, 1.54) is 6.42 Å². The first-order valence-corrected chi connectivity index (χ1v) is 5.82. The molecule has 94 valence electrons. The molecule has 1 aliphatic rings. The van der Waals surface area contributed by atoms with Crippen LogP contribution in [0.4, 0.5) is 0 Å². The summed E-state index contributed by atoms with van der Waals surface area (Å²) in [6, 6.07) is 3.45. The molecule has 0 aromatic heterocycles. The highest BCUT2D eigenvalue weighted by Gasteiger charge is 2.40. The molecule has 0 atom stereocenters. The second-order valence-corrected chi connectivity index (χ2v) is 4.56. The maximum atomic E-state index is 9.74. The molecule has 4 nitrogen and oxygen atoms in total. The minimum atomic E-state index is -0.00762. The highest BCUT2D eigenvalue weighted by atomic mass is 16.5. The first-order chi connectivity index (χ1) is 8.16. The van der Waals surface area contributed by atoms with E-state index in [1.54, 1.807) is 20.3 Å². The summed E-state index contributed by atoms with van der Waals surface area (Å²) in [4.78, 5) is 0. The maximum absolute atomic E-state index is 9.74. The van der Waals surface area contributed by atoms with E-state index in [9.17, 15) is 5.11 Å². The average Bonchev–Trinajstić information content (AvgIpc) is 2.29. The fourth-order valence-electron chi connectivity index (χ4n) is 2.48. The van der Waals surface area contributed by atoms with E-state index in [-0.39, 0.29) is 11.2 Å². The Morgan fingerprint density at radius 3 is 2.29 bits per heavy atom. The molecule has 1 aromatic carbocycles. The number of benzene rings is 1. The Balaban J connectivity index is 2.50. The molecule has 0 aliphatic heterocycles. The van der Waals surface area contributed by atoms with E-state index in [1.807, 2.05) is 6.07 Å². The molecule has 1 saturated carbocycles. The van der Waals surface area contributed by atoms with Gasteiger partial charge in [-0.3, -0.25) is 0 Å². The molecule has 3 N–H and O–H groups in total. The van der Waals surface area contributed by atoms with Gasteiger partial charge in [-0.05, 0) is 18.9 Å². The third kappa shape index (κ3) is 1.82. The number of hydrogen-bond acceptors (Lipinski definition) is 4. The van der Waals surface area contributed by atoms with Crippen molar-refractivity contribution in [1.82, 2.24) is 0 Å². The van der Waals surface area contributed by atoms with Crippen molar-refractivity contribution < 1.29 is 14.6 Å². The van der Waals surface area contributed by atoms with E-state index in [2.05, 4.69) is 0 Å². The van der Waals surface area contributed by atoms with Gasteiger partial charge < -0.3 is 20.3 Å². The largest absolute Gasteiger partial charge is 0.504 e. The van der Waals surface area contributed by atoms with Crippen LogP contribution in [0.3, 0.4) is 0 Å². The second-order valence-electron chi connectivity index (χ2n) is 4.56. The molecule has 17 heavy (non-hydrogen) atoms. The van der Waals surface area contributed by atoms with Gasteiger partial charge >= 0.3 is 0 Å². The van der Waals surface area contributed by atoms with E-state index >= 15 is 0 Å². The molecule has 1 aliphatic carbocycles. The summed E-state index contributed by atoms with van der Waals surface area (Å²) >= 11 is 0. The van der Waals surface area contributed by atoms with E-state index < -0.39 is 0 Å². The molecule has 2 rings (SSSR count). The van der Waals surface area contributed by atoms with Crippen LogP contribution in [0.1, 0.15) is 24.8 Å². The molecule has 0 bridgehead atoms. The Morgan fingerprint density at radius 2 is 1.88 bits per heavy atom. The summed E-state index contributed by atoms with van der Waals surface area (Å²) in [5, 5.41) is 9.74. The summed E-state index contributed by atoms with van der Waals surface area (Å²) in [6.45, 7) is 0.595. The number of phenolic OH excluding ortho intramolecular Hbond substituents is 1. The first-order valence-electron chi connectivity index (χ1n) is 5.82. The lowest BCUT2D eigenvalue weighted by molar-refractivity contribution is 0.241. The predicted octanol–water partition coefficient (Wildman–Crippen LogP) is 1.79. The van der Waals surface area contributed by atoms with Crippen molar-refractivity contribution in [3.8, 4) is 17.2 Å². The van der Waals surface area contributed by atoms with Crippen molar-refractivity contribution >= 4 is 0 Å². The van der Waals surface area contributed by atoms with Gasteiger partial charge in [0.25, 0.3) is 0 Å². The molecule has 0 saturated heterocycles. The Morgan fingerprint density at radius 1 is 1.24 bits per heavy atom. The van der Waals surface area contributed by atoms with Gasteiger partial charge in [-0.15, -0.1) is 0 Å². The van der Waals surface area contributed by atoms with Crippen LogP contribution in [0, 0.1) is 0 Å². The second kappa shape index (κ2) is 4.45. The van der Waals surface area contributed by atoms with Gasteiger partial charge in [-0.2, -0.15) is 0 Å². The van der Waals surface area contributed by atoms with E-state index in [0.29, 0.717) is 18.0 Å². The number of nitrogens with two attached hydrogens (primary N) is 1. The number of rotatable bonds is 4. The summed E-state index contributed by atoms with van der Waals surface area (Å²) in [5.74, 6) is 1.26. The van der Waals surface area contributed by atoms with Gasteiger partial charge in [-0.25, -0.2) is 0 Å². The summed E-state index contributed by atoms with van der Waals surface area (Å²) in [5.41, 5.74) is 6.93. The molecule has 4 heteroatoms. The summed E-state index contributed by atoms with van der Waals surface area (Å²) in [7, 11) is 3.15. The van der Waals surface area contributed by atoms with Crippen molar-refractivity contribution in [3.05, 3.63) is 17.7 Å². The molecule has 0 radical (unpaired) electrons. The van der Waals surface area contributed by atoms with Crippen molar-refractivity contribution in [3.63, 3.8) is 0 Å². The van der Waals surface area contributed by atoms with Gasteiger partial charge in [0.2, 0.25) is 0 Å². The third-order valence-electron chi connectivity index (χ3n) is 3.77. The SMILES string of the molecule is COc1cc(C2(CN)CCC2)c(OC)cc1O. The highest BCUT2D eigenvalue weighted by Crippen LogP contribution is 2.49. The standard InChI is InChI=1S/C13H19NO3/c1-16-11-7-10(15)12(17-2)6-9(11)13(8-14)4-3-5-13/h6-7,15H,3-5,8,14H2,1-2H3. The predicted molar refractivity (Wildman–Crippen MR) is 65.8 cm³/mol. The zero-order valence-electron chi connectivity index (χ0n) is 10.3. The van der Waals surface area contributed by atoms with Crippen LogP contribution in [0.5, 0.6) is 17.2 Å². The normalized spacial score (nSPS) is 17.4. The molecular weight excluding hydrogens is 218 g/mol. The van der Waals surface area contributed by atoms with Crippen LogP contribution in [0.2, 0.25) is 0 Å². The topological polar surface area (TPSA) is 64.7 Å². The fraction of sp³-hybridized carbons (Fsp3) is 0.538. The zero-order chi connectivity index (χ0) is 12.5. The van der Waals surface area contributed by atoms with Crippen molar-refractivity contribution in [2.45, 2.75) is 24.7 Å². The van der Waals surface area contributed by atoms with Crippen molar-refractivity contribution in [1.29, 1.82) is 0 Å². The lowest BCUT2D eigenvalue weighted by atomic mass is 9.64. The average molecular weight is 237 g/mol.